The van der Waals surface area contributed by atoms with Crippen molar-refractivity contribution in [1.82, 2.24) is 10.3 Å². The summed E-state index contributed by atoms with van der Waals surface area (Å²) in [6.07, 6.45) is 5.33. The van der Waals surface area contributed by atoms with E-state index >= 15 is 0 Å². The van der Waals surface area contributed by atoms with Crippen LogP contribution in [0.25, 0.3) is 0 Å². The minimum atomic E-state index is 0.127. The zero-order valence-electron chi connectivity index (χ0n) is 10.9. The highest BCUT2D eigenvalue weighted by atomic mass is 32.1. The predicted octanol–water partition coefficient (Wildman–Crippen LogP) is 3.35. The number of aromatic amines is 1. The summed E-state index contributed by atoms with van der Waals surface area (Å²) < 4.78 is 0.751. The molecular weight excluding hydrogens is 264 g/mol. The van der Waals surface area contributed by atoms with Gasteiger partial charge in [-0.05, 0) is 37.9 Å². The first-order valence-electron chi connectivity index (χ1n) is 6.54. The summed E-state index contributed by atoms with van der Waals surface area (Å²) in [5, 5.41) is 3.17. The van der Waals surface area contributed by atoms with Crippen LogP contribution in [0.1, 0.15) is 43.2 Å². The van der Waals surface area contributed by atoms with Crippen LogP contribution < -0.4 is 5.32 Å². The maximum Gasteiger partial charge on any atom is 0.225 e. The number of aromatic nitrogens is 1. The third-order valence-corrected chi connectivity index (χ3v) is 5.04. The number of H-pyrrole nitrogens is 1. The van der Waals surface area contributed by atoms with Gasteiger partial charge < -0.3 is 10.3 Å². The van der Waals surface area contributed by atoms with Crippen LogP contribution in [0.3, 0.4) is 0 Å². The summed E-state index contributed by atoms with van der Waals surface area (Å²) >= 11 is 6.59. The zero-order chi connectivity index (χ0) is 13.1. The van der Waals surface area contributed by atoms with Crippen molar-refractivity contribution in [2.24, 2.45) is 5.92 Å². The van der Waals surface area contributed by atoms with E-state index < -0.39 is 0 Å². The Morgan fingerprint density at radius 2 is 2.22 bits per heavy atom. The molecule has 5 heteroatoms. The number of aryl methyl sites for hydroxylation is 1. The highest BCUT2D eigenvalue weighted by Crippen LogP contribution is 2.24. The van der Waals surface area contributed by atoms with Gasteiger partial charge >= 0.3 is 0 Å². The highest BCUT2D eigenvalue weighted by molar-refractivity contribution is 7.73. The molecule has 2 N–H and O–H groups in total. The van der Waals surface area contributed by atoms with Crippen LogP contribution in [0.4, 0.5) is 0 Å². The van der Waals surface area contributed by atoms with E-state index in [-0.39, 0.29) is 5.91 Å². The average Bonchev–Trinajstić information content (AvgIpc) is 2.61. The first-order valence-corrected chi connectivity index (χ1v) is 7.76. The molecule has 0 aromatic carbocycles. The van der Waals surface area contributed by atoms with Gasteiger partial charge in [-0.25, -0.2) is 0 Å². The second-order valence-corrected chi connectivity index (χ2v) is 6.95. The number of carbonyl (C=O) groups excluding carboxylic acids is 1. The Kier molecular flexibility index (Phi) is 4.56. The summed E-state index contributed by atoms with van der Waals surface area (Å²) in [4.78, 5) is 16.2. The number of nitrogens with one attached hydrogen (secondary N) is 2. The fourth-order valence-corrected chi connectivity index (χ4v) is 3.83. The standard InChI is InChI=1S/C13H20N2OS2/c1-8-5-3-4-6-10(8)15-12(16)7-11-9(2)14-13(17)18-11/h8,10H,3-7H2,1-2H3,(H,14,17)(H,15,16)/t8-,10+/m1/s1. The Balaban J connectivity index is 1.92. The van der Waals surface area contributed by atoms with Crippen LogP contribution in [0.2, 0.25) is 0 Å². The van der Waals surface area contributed by atoms with Crippen molar-refractivity contribution in [2.75, 3.05) is 0 Å². The highest BCUT2D eigenvalue weighted by Gasteiger charge is 2.23. The van der Waals surface area contributed by atoms with E-state index in [2.05, 4.69) is 17.2 Å². The van der Waals surface area contributed by atoms with Crippen LogP contribution in [-0.4, -0.2) is 16.9 Å². The molecule has 1 amide bonds. The Bertz CT molecular complexity index is 478. The van der Waals surface area contributed by atoms with Gasteiger partial charge in [-0.15, -0.1) is 11.3 Å². The van der Waals surface area contributed by atoms with Crippen molar-refractivity contribution in [3.05, 3.63) is 14.5 Å². The molecule has 100 valence electrons. The van der Waals surface area contributed by atoms with Crippen molar-refractivity contribution >= 4 is 29.5 Å². The summed E-state index contributed by atoms with van der Waals surface area (Å²) in [6, 6.07) is 0.360. The molecule has 1 aliphatic carbocycles. The van der Waals surface area contributed by atoms with Crippen LogP contribution in [0.15, 0.2) is 0 Å². The lowest BCUT2D eigenvalue weighted by Gasteiger charge is -2.29. The molecule has 18 heavy (non-hydrogen) atoms. The largest absolute Gasteiger partial charge is 0.353 e. The normalized spacial score (nSPS) is 23.9. The molecule has 1 heterocycles. The van der Waals surface area contributed by atoms with Crippen molar-refractivity contribution < 1.29 is 4.79 Å². The van der Waals surface area contributed by atoms with E-state index in [4.69, 9.17) is 12.2 Å². The number of amides is 1. The van der Waals surface area contributed by atoms with Gasteiger partial charge in [0.2, 0.25) is 5.91 Å². The van der Waals surface area contributed by atoms with Gasteiger partial charge in [0.25, 0.3) is 0 Å². The molecule has 0 aliphatic heterocycles. The van der Waals surface area contributed by atoms with Gasteiger partial charge in [-0.3, -0.25) is 4.79 Å². The lowest BCUT2D eigenvalue weighted by Crippen LogP contribution is -2.41. The molecule has 1 aromatic heterocycles. The van der Waals surface area contributed by atoms with Crippen LogP contribution >= 0.6 is 23.6 Å². The second-order valence-electron chi connectivity index (χ2n) is 5.18. The Morgan fingerprint density at radius 3 is 2.83 bits per heavy atom. The summed E-state index contributed by atoms with van der Waals surface area (Å²) in [5.41, 5.74) is 1.02. The van der Waals surface area contributed by atoms with E-state index in [9.17, 15) is 4.79 Å². The van der Waals surface area contributed by atoms with Crippen molar-refractivity contribution in [1.29, 1.82) is 0 Å². The van der Waals surface area contributed by atoms with Gasteiger partial charge in [0.15, 0.2) is 3.95 Å². The van der Waals surface area contributed by atoms with E-state index in [1.807, 2.05) is 6.92 Å². The van der Waals surface area contributed by atoms with Gasteiger partial charge in [0.1, 0.15) is 0 Å². The first kappa shape index (κ1) is 13.7. The minimum absolute atomic E-state index is 0.127. The monoisotopic (exact) mass is 284 g/mol. The topological polar surface area (TPSA) is 44.9 Å². The molecule has 2 rings (SSSR count). The molecule has 1 aliphatic rings. The molecule has 0 unspecified atom stereocenters. The molecular formula is C13H20N2OS2. The molecule has 1 fully saturated rings. The maximum atomic E-state index is 12.0. The van der Waals surface area contributed by atoms with E-state index in [0.29, 0.717) is 18.4 Å². The molecule has 1 aromatic rings. The molecule has 0 radical (unpaired) electrons. The molecule has 0 saturated heterocycles. The van der Waals surface area contributed by atoms with Crippen molar-refractivity contribution in [3.63, 3.8) is 0 Å². The van der Waals surface area contributed by atoms with E-state index in [1.54, 1.807) is 0 Å². The lowest BCUT2D eigenvalue weighted by atomic mass is 9.86. The number of rotatable bonds is 3. The molecule has 0 bridgehead atoms. The summed E-state index contributed by atoms with van der Waals surface area (Å²) in [7, 11) is 0. The maximum absolute atomic E-state index is 12.0. The molecule has 3 nitrogen and oxygen atoms in total. The first-order chi connectivity index (χ1) is 8.56. The Morgan fingerprint density at radius 1 is 1.50 bits per heavy atom. The van der Waals surface area contributed by atoms with Crippen LogP contribution in [-0.2, 0) is 11.2 Å². The third kappa shape index (κ3) is 3.42. The summed E-state index contributed by atoms with van der Waals surface area (Å²) in [5.74, 6) is 0.732. The van der Waals surface area contributed by atoms with Crippen molar-refractivity contribution in [3.8, 4) is 0 Å². The SMILES string of the molecule is Cc1[nH]c(=S)sc1CC(=O)N[C@H]1CCCC[C@H]1C. The molecule has 2 atom stereocenters. The van der Waals surface area contributed by atoms with Crippen LogP contribution in [0, 0.1) is 16.8 Å². The number of carbonyl (C=O) groups is 1. The Hall–Kier alpha value is -0.680. The summed E-state index contributed by atoms with van der Waals surface area (Å²) in [6.45, 7) is 4.20. The lowest BCUT2D eigenvalue weighted by molar-refractivity contribution is -0.121. The van der Waals surface area contributed by atoms with Gasteiger partial charge in [0, 0.05) is 16.6 Å². The number of hydrogen-bond acceptors (Lipinski definition) is 3. The fourth-order valence-electron chi connectivity index (χ4n) is 2.54. The Labute approximate surface area is 117 Å². The quantitative estimate of drug-likeness (QED) is 0.836. The zero-order valence-corrected chi connectivity index (χ0v) is 12.5. The van der Waals surface area contributed by atoms with Gasteiger partial charge in [-0.2, -0.15) is 0 Å². The van der Waals surface area contributed by atoms with Crippen molar-refractivity contribution in [2.45, 2.75) is 52.0 Å². The second kappa shape index (κ2) is 5.97. The molecule has 1 saturated carbocycles. The minimum Gasteiger partial charge on any atom is -0.353 e. The predicted molar refractivity (Wildman–Crippen MR) is 77.5 cm³/mol. The third-order valence-electron chi connectivity index (χ3n) is 3.70. The molecule has 0 spiro atoms. The number of hydrogen-bond donors (Lipinski definition) is 2. The van der Waals surface area contributed by atoms with Gasteiger partial charge in [-0.1, -0.05) is 19.8 Å². The van der Waals surface area contributed by atoms with Crippen LogP contribution in [0.5, 0.6) is 0 Å². The fraction of sp³-hybridized carbons (Fsp3) is 0.692. The average molecular weight is 284 g/mol. The van der Waals surface area contributed by atoms with E-state index in [1.165, 1.54) is 30.6 Å². The number of thiazole rings is 1. The van der Waals surface area contributed by atoms with E-state index in [0.717, 1.165) is 20.9 Å². The van der Waals surface area contributed by atoms with Gasteiger partial charge in [0.05, 0.1) is 6.42 Å². The smallest absolute Gasteiger partial charge is 0.225 e.